The maximum atomic E-state index is 9.55. The van der Waals surface area contributed by atoms with Crippen LogP contribution in [-0.4, -0.2) is 21.3 Å². The molecule has 14 heavy (non-hydrogen) atoms. The number of halogens is 1. The fourth-order valence-electron chi connectivity index (χ4n) is 1.12. The third kappa shape index (κ3) is 2.02. The van der Waals surface area contributed by atoms with Crippen LogP contribution in [0.2, 0.25) is 5.15 Å². The van der Waals surface area contributed by atoms with Crippen molar-refractivity contribution in [3.63, 3.8) is 0 Å². The van der Waals surface area contributed by atoms with E-state index in [1.165, 1.54) is 12.3 Å². The lowest BCUT2D eigenvalue weighted by atomic mass is 10.0. The zero-order valence-electron chi connectivity index (χ0n) is 7.48. The lowest BCUT2D eigenvalue weighted by Gasteiger charge is -2.15. The number of aromatic nitrogens is 1. The standard InChI is InChI=1S/C9H9ClN2O2/c1-5-2-3-12-9(10)7(5)8(14)6(13)4-11/h2-3,6,8,13-14H,1H3. The molecule has 0 saturated heterocycles. The second kappa shape index (κ2) is 4.38. The second-order valence-electron chi connectivity index (χ2n) is 2.85. The SMILES string of the molecule is Cc1ccnc(Cl)c1C(O)C(O)C#N. The largest absolute Gasteiger partial charge is 0.384 e. The number of nitrogens with zero attached hydrogens (tertiary/aromatic N) is 2. The maximum absolute atomic E-state index is 9.55. The Kier molecular flexibility index (Phi) is 3.42. The quantitative estimate of drug-likeness (QED) is 0.566. The molecule has 2 unspecified atom stereocenters. The molecule has 0 amide bonds. The van der Waals surface area contributed by atoms with Crippen LogP contribution in [0.1, 0.15) is 17.2 Å². The summed E-state index contributed by atoms with van der Waals surface area (Å²) in [6, 6.07) is 3.18. The van der Waals surface area contributed by atoms with E-state index in [1.54, 1.807) is 13.0 Å². The van der Waals surface area contributed by atoms with Gasteiger partial charge in [0.1, 0.15) is 11.3 Å². The van der Waals surface area contributed by atoms with Crippen molar-refractivity contribution in [3.8, 4) is 6.07 Å². The lowest BCUT2D eigenvalue weighted by Crippen LogP contribution is -2.17. The number of nitriles is 1. The first kappa shape index (κ1) is 10.9. The van der Waals surface area contributed by atoms with Crippen LogP contribution in [0.5, 0.6) is 0 Å². The smallest absolute Gasteiger partial charge is 0.170 e. The third-order valence-corrected chi connectivity index (χ3v) is 2.19. The van der Waals surface area contributed by atoms with Crippen LogP contribution in [0, 0.1) is 18.3 Å². The van der Waals surface area contributed by atoms with Crippen LogP contribution >= 0.6 is 11.6 Å². The molecule has 1 aromatic rings. The molecule has 1 rings (SSSR count). The van der Waals surface area contributed by atoms with Crippen LogP contribution in [0.15, 0.2) is 12.3 Å². The van der Waals surface area contributed by atoms with Crippen molar-refractivity contribution in [3.05, 3.63) is 28.5 Å². The van der Waals surface area contributed by atoms with Crippen molar-refractivity contribution in [2.45, 2.75) is 19.1 Å². The van der Waals surface area contributed by atoms with E-state index in [9.17, 15) is 5.11 Å². The van der Waals surface area contributed by atoms with Crippen molar-refractivity contribution in [2.24, 2.45) is 0 Å². The highest BCUT2D eigenvalue weighted by atomic mass is 35.5. The Bertz CT molecular complexity index is 355. The van der Waals surface area contributed by atoms with Crippen molar-refractivity contribution in [2.75, 3.05) is 0 Å². The van der Waals surface area contributed by atoms with E-state index in [0.29, 0.717) is 11.1 Å². The summed E-state index contributed by atoms with van der Waals surface area (Å²) in [5, 5.41) is 27.2. The molecule has 0 bridgehead atoms. The molecule has 0 aliphatic carbocycles. The Balaban J connectivity index is 3.13. The summed E-state index contributed by atoms with van der Waals surface area (Å²) < 4.78 is 0. The van der Waals surface area contributed by atoms with Crippen LogP contribution in [0.25, 0.3) is 0 Å². The molecular weight excluding hydrogens is 204 g/mol. The molecule has 2 N–H and O–H groups in total. The molecule has 0 aliphatic rings. The van der Waals surface area contributed by atoms with Crippen molar-refractivity contribution in [1.82, 2.24) is 4.98 Å². The molecule has 5 heteroatoms. The Hall–Kier alpha value is -1.15. The first-order valence-corrected chi connectivity index (χ1v) is 4.32. The highest BCUT2D eigenvalue weighted by Gasteiger charge is 2.22. The fraction of sp³-hybridized carbons (Fsp3) is 0.333. The monoisotopic (exact) mass is 212 g/mol. The first-order valence-electron chi connectivity index (χ1n) is 3.94. The van der Waals surface area contributed by atoms with Crippen molar-refractivity contribution < 1.29 is 10.2 Å². The van der Waals surface area contributed by atoms with Crippen LogP contribution < -0.4 is 0 Å². The van der Waals surface area contributed by atoms with E-state index in [1.807, 2.05) is 0 Å². The van der Waals surface area contributed by atoms with Gasteiger partial charge in [-0.3, -0.25) is 0 Å². The summed E-state index contributed by atoms with van der Waals surface area (Å²) in [5.41, 5.74) is 0.981. The molecule has 2 atom stereocenters. The van der Waals surface area contributed by atoms with Gasteiger partial charge in [-0.2, -0.15) is 5.26 Å². The van der Waals surface area contributed by atoms with Gasteiger partial charge in [-0.15, -0.1) is 0 Å². The minimum atomic E-state index is -1.49. The second-order valence-corrected chi connectivity index (χ2v) is 3.21. The normalized spacial score (nSPS) is 14.5. The highest BCUT2D eigenvalue weighted by molar-refractivity contribution is 6.30. The predicted molar refractivity (Wildman–Crippen MR) is 50.6 cm³/mol. The molecule has 0 spiro atoms. The summed E-state index contributed by atoms with van der Waals surface area (Å²) in [6.07, 6.45) is -1.32. The number of hydrogen-bond acceptors (Lipinski definition) is 4. The maximum Gasteiger partial charge on any atom is 0.170 e. The summed E-state index contributed by atoms with van der Waals surface area (Å²) in [5.74, 6) is 0. The predicted octanol–water partition coefficient (Wildman–Crippen LogP) is 0.961. The molecule has 0 fully saturated rings. The lowest BCUT2D eigenvalue weighted by molar-refractivity contribution is 0.0522. The molecule has 1 heterocycles. The van der Waals surface area contributed by atoms with Crippen molar-refractivity contribution >= 4 is 11.6 Å². The number of aryl methyl sites for hydroxylation is 1. The van der Waals surface area contributed by atoms with Crippen LogP contribution in [0.4, 0.5) is 0 Å². The van der Waals surface area contributed by atoms with E-state index < -0.39 is 12.2 Å². The van der Waals surface area contributed by atoms with Gasteiger partial charge in [-0.1, -0.05) is 11.6 Å². The van der Waals surface area contributed by atoms with Gasteiger partial charge in [0.05, 0.1) is 6.07 Å². The van der Waals surface area contributed by atoms with Gasteiger partial charge in [0, 0.05) is 11.8 Å². The molecule has 1 aromatic heterocycles. The number of pyridine rings is 1. The Morgan fingerprint density at radius 1 is 1.57 bits per heavy atom. The van der Waals surface area contributed by atoms with E-state index in [2.05, 4.69) is 4.98 Å². The zero-order chi connectivity index (χ0) is 10.7. The summed E-state index contributed by atoms with van der Waals surface area (Å²) in [4.78, 5) is 3.76. The van der Waals surface area contributed by atoms with Crippen molar-refractivity contribution in [1.29, 1.82) is 5.26 Å². The molecule has 0 saturated carbocycles. The Labute approximate surface area is 86.4 Å². The van der Waals surface area contributed by atoms with Gasteiger partial charge in [0.25, 0.3) is 0 Å². The molecule has 0 radical (unpaired) electrons. The zero-order valence-corrected chi connectivity index (χ0v) is 8.23. The van der Waals surface area contributed by atoms with Gasteiger partial charge >= 0.3 is 0 Å². The molecule has 74 valence electrons. The number of aliphatic hydroxyl groups excluding tert-OH is 2. The van der Waals surface area contributed by atoms with Gasteiger partial charge in [-0.05, 0) is 18.6 Å². The Morgan fingerprint density at radius 3 is 2.71 bits per heavy atom. The number of hydrogen-bond donors (Lipinski definition) is 2. The van der Waals surface area contributed by atoms with Gasteiger partial charge in [-0.25, -0.2) is 4.98 Å². The summed E-state index contributed by atoms with van der Waals surface area (Å²) >= 11 is 5.73. The number of aliphatic hydroxyl groups is 2. The van der Waals surface area contributed by atoms with E-state index in [4.69, 9.17) is 22.0 Å². The van der Waals surface area contributed by atoms with Gasteiger partial charge < -0.3 is 10.2 Å². The van der Waals surface area contributed by atoms with Crippen LogP contribution in [0.3, 0.4) is 0 Å². The molecule has 0 aromatic carbocycles. The molecular formula is C9H9ClN2O2. The minimum Gasteiger partial charge on any atom is -0.384 e. The first-order chi connectivity index (χ1) is 6.57. The van der Waals surface area contributed by atoms with Crippen LogP contribution in [-0.2, 0) is 0 Å². The van der Waals surface area contributed by atoms with E-state index in [0.717, 1.165) is 0 Å². The number of rotatable bonds is 2. The molecule has 4 nitrogen and oxygen atoms in total. The summed E-state index contributed by atoms with van der Waals surface area (Å²) in [6.45, 7) is 1.72. The van der Waals surface area contributed by atoms with Gasteiger partial charge in [0.2, 0.25) is 0 Å². The minimum absolute atomic E-state index is 0.104. The van der Waals surface area contributed by atoms with E-state index in [-0.39, 0.29) is 5.15 Å². The molecule has 0 aliphatic heterocycles. The average molecular weight is 213 g/mol. The third-order valence-electron chi connectivity index (χ3n) is 1.89. The topological polar surface area (TPSA) is 77.1 Å². The average Bonchev–Trinajstić information content (AvgIpc) is 2.16. The highest BCUT2D eigenvalue weighted by Crippen LogP contribution is 2.26. The van der Waals surface area contributed by atoms with E-state index >= 15 is 0 Å². The van der Waals surface area contributed by atoms with Gasteiger partial charge in [0.15, 0.2) is 6.10 Å². The Morgan fingerprint density at radius 2 is 2.21 bits per heavy atom. The summed E-state index contributed by atoms with van der Waals surface area (Å²) in [7, 11) is 0. The fourth-order valence-corrected chi connectivity index (χ4v) is 1.44.